The number of hydrogen-bond donors (Lipinski definition) is 0. The van der Waals surface area contributed by atoms with Crippen LogP contribution in [0.15, 0.2) is 47.8 Å². The van der Waals surface area contributed by atoms with Gasteiger partial charge in [-0.2, -0.15) is 14.0 Å². The second kappa shape index (κ2) is 7.97. The number of benzene rings is 2. The van der Waals surface area contributed by atoms with Crippen molar-refractivity contribution in [3.05, 3.63) is 75.5 Å². The molecule has 0 atom stereocenters. The minimum Gasteiger partial charge on any atom is -0.434 e. The molecule has 0 spiro atoms. The van der Waals surface area contributed by atoms with Gasteiger partial charge in [0.2, 0.25) is 0 Å². The maximum absolute atomic E-state index is 12.8. The Morgan fingerprint density at radius 2 is 2.03 bits per heavy atom. The summed E-state index contributed by atoms with van der Waals surface area (Å²) < 4.78 is 32.2. The molecule has 0 radical (unpaired) electrons. The minimum absolute atomic E-state index is 0.122. The third-order valence-corrected chi connectivity index (χ3v) is 5.30. The van der Waals surface area contributed by atoms with Crippen LogP contribution in [-0.4, -0.2) is 21.1 Å². The highest BCUT2D eigenvalue weighted by Crippen LogP contribution is 2.26. The van der Waals surface area contributed by atoms with E-state index in [-0.39, 0.29) is 12.3 Å². The molecule has 4 aromatic rings. The Hall–Kier alpha value is -3.31. The van der Waals surface area contributed by atoms with E-state index in [2.05, 4.69) is 15.8 Å². The monoisotopic (exact) mass is 410 g/mol. The van der Waals surface area contributed by atoms with Crippen LogP contribution in [0.1, 0.15) is 27.7 Å². The molecule has 0 saturated heterocycles. The smallest absolute Gasteiger partial charge is 0.387 e. The van der Waals surface area contributed by atoms with Crippen molar-refractivity contribution >= 4 is 22.4 Å². The zero-order chi connectivity index (χ0) is 20.4. The van der Waals surface area contributed by atoms with Gasteiger partial charge in [0.05, 0.1) is 39.9 Å². The van der Waals surface area contributed by atoms with Gasteiger partial charge in [0, 0.05) is 17.4 Å². The SMILES string of the molecule is Cc1nc(Cc2nc3ccc(C#N)cc3n2Cc2ccccc2OC(F)F)cs1. The second-order valence-corrected chi connectivity index (χ2v) is 7.51. The highest BCUT2D eigenvalue weighted by molar-refractivity contribution is 7.09. The fourth-order valence-electron chi connectivity index (χ4n) is 3.22. The van der Waals surface area contributed by atoms with Crippen molar-refractivity contribution < 1.29 is 13.5 Å². The number of nitrogens with zero attached hydrogens (tertiary/aromatic N) is 4. The van der Waals surface area contributed by atoms with E-state index in [1.807, 2.05) is 16.9 Å². The maximum Gasteiger partial charge on any atom is 0.387 e. The van der Waals surface area contributed by atoms with Gasteiger partial charge in [-0.25, -0.2) is 9.97 Å². The van der Waals surface area contributed by atoms with E-state index >= 15 is 0 Å². The number of hydrogen-bond acceptors (Lipinski definition) is 5. The lowest BCUT2D eigenvalue weighted by Gasteiger charge is -2.13. The van der Waals surface area contributed by atoms with Gasteiger partial charge >= 0.3 is 6.61 Å². The Morgan fingerprint density at radius 3 is 2.76 bits per heavy atom. The predicted octanol–water partition coefficient (Wildman–Crippen LogP) is 4.91. The fraction of sp³-hybridized carbons (Fsp3) is 0.190. The third kappa shape index (κ3) is 4.10. The Bertz CT molecular complexity index is 1210. The van der Waals surface area contributed by atoms with Crippen LogP contribution in [0.25, 0.3) is 11.0 Å². The summed E-state index contributed by atoms with van der Waals surface area (Å²) in [5.41, 5.74) is 3.50. The van der Waals surface area contributed by atoms with Gasteiger partial charge in [0.25, 0.3) is 0 Å². The summed E-state index contributed by atoms with van der Waals surface area (Å²) in [5, 5.41) is 12.2. The summed E-state index contributed by atoms with van der Waals surface area (Å²) in [4.78, 5) is 9.21. The lowest BCUT2D eigenvalue weighted by molar-refractivity contribution is -0.0504. The van der Waals surface area contributed by atoms with Gasteiger partial charge in [-0.15, -0.1) is 11.3 Å². The number of aryl methyl sites for hydroxylation is 1. The molecule has 8 heteroatoms. The standard InChI is InChI=1S/C21H16F2N4OS/c1-13-25-16(12-29-13)9-20-26-17-7-6-14(10-24)8-18(17)27(20)11-15-4-2-3-5-19(15)28-21(22)23/h2-8,12,21H,9,11H2,1H3. The van der Waals surface area contributed by atoms with Crippen LogP contribution in [-0.2, 0) is 13.0 Å². The van der Waals surface area contributed by atoms with E-state index in [1.165, 1.54) is 6.07 Å². The first-order valence-electron chi connectivity index (χ1n) is 8.86. The van der Waals surface area contributed by atoms with Crippen LogP contribution < -0.4 is 4.74 Å². The summed E-state index contributed by atoms with van der Waals surface area (Å²) in [7, 11) is 0. The molecule has 2 aromatic heterocycles. The fourth-order valence-corrected chi connectivity index (χ4v) is 3.83. The van der Waals surface area contributed by atoms with E-state index < -0.39 is 6.61 Å². The normalized spacial score (nSPS) is 11.1. The van der Waals surface area contributed by atoms with Crippen LogP contribution in [0, 0.1) is 18.3 Å². The number of alkyl halides is 2. The number of imidazole rings is 1. The van der Waals surface area contributed by atoms with Crippen molar-refractivity contribution in [2.45, 2.75) is 26.5 Å². The Balaban J connectivity index is 1.81. The largest absolute Gasteiger partial charge is 0.434 e. The third-order valence-electron chi connectivity index (χ3n) is 4.48. The highest BCUT2D eigenvalue weighted by atomic mass is 32.1. The van der Waals surface area contributed by atoms with Crippen LogP contribution >= 0.6 is 11.3 Å². The van der Waals surface area contributed by atoms with Crippen molar-refractivity contribution in [2.24, 2.45) is 0 Å². The Morgan fingerprint density at radius 1 is 1.21 bits per heavy atom. The molecule has 29 heavy (non-hydrogen) atoms. The molecular formula is C21H16F2N4OS. The molecule has 0 aliphatic carbocycles. The van der Waals surface area contributed by atoms with Crippen molar-refractivity contribution in [1.29, 1.82) is 5.26 Å². The summed E-state index contributed by atoms with van der Waals surface area (Å²) in [6, 6.07) is 14.1. The number of ether oxygens (including phenoxy) is 1. The van der Waals surface area contributed by atoms with E-state index in [1.54, 1.807) is 47.7 Å². The average molecular weight is 410 g/mol. The molecule has 0 saturated carbocycles. The number of aromatic nitrogens is 3. The van der Waals surface area contributed by atoms with Gasteiger partial charge in [-0.1, -0.05) is 18.2 Å². The highest BCUT2D eigenvalue weighted by Gasteiger charge is 2.16. The maximum atomic E-state index is 12.8. The Labute approximate surface area is 169 Å². The van der Waals surface area contributed by atoms with Gasteiger partial charge < -0.3 is 9.30 Å². The molecule has 2 aromatic carbocycles. The van der Waals surface area contributed by atoms with Crippen LogP contribution in [0.2, 0.25) is 0 Å². The predicted molar refractivity (Wildman–Crippen MR) is 106 cm³/mol. The molecule has 0 amide bonds. The number of halogens is 2. The quantitative estimate of drug-likeness (QED) is 0.453. The first-order valence-corrected chi connectivity index (χ1v) is 9.74. The lowest BCUT2D eigenvalue weighted by atomic mass is 10.1. The molecule has 0 unspecified atom stereocenters. The Kier molecular flexibility index (Phi) is 5.23. The summed E-state index contributed by atoms with van der Waals surface area (Å²) >= 11 is 1.56. The number of nitriles is 1. The zero-order valence-electron chi connectivity index (χ0n) is 15.5. The van der Waals surface area contributed by atoms with Crippen molar-refractivity contribution in [1.82, 2.24) is 14.5 Å². The summed E-state index contributed by atoms with van der Waals surface area (Å²) in [6.07, 6.45) is 0.499. The number of fused-ring (bicyclic) bond motifs is 1. The average Bonchev–Trinajstić information content (AvgIpc) is 3.26. The molecule has 5 nitrogen and oxygen atoms in total. The molecule has 0 bridgehead atoms. The molecular weight excluding hydrogens is 394 g/mol. The lowest BCUT2D eigenvalue weighted by Crippen LogP contribution is -2.10. The van der Waals surface area contributed by atoms with E-state index in [0.29, 0.717) is 17.5 Å². The molecule has 146 valence electrons. The topological polar surface area (TPSA) is 63.7 Å². The number of rotatable bonds is 6. The van der Waals surface area contributed by atoms with Gasteiger partial charge in [0.1, 0.15) is 11.6 Å². The van der Waals surface area contributed by atoms with Gasteiger partial charge in [0.15, 0.2) is 0 Å². The second-order valence-electron chi connectivity index (χ2n) is 6.45. The van der Waals surface area contributed by atoms with Crippen molar-refractivity contribution in [3.63, 3.8) is 0 Å². The molecule has 0 N–H and O–H groups in total. The summed E-state index contributed by atoms with van der Waals surface area (Å²) in [6.45, 7) is -0.681. The van der Waals surface area contributed by atoms with Crippen molar-refractivity contribution in [3.8, 4) is 11.8 Å². The molecule has 4 rings (SSSR count). The van der Waals surface area contributed by atoms with Gasteiger partial charge in [-0.05, 0) is 31.2 Å². The van der Waals surface area contributed by atoms with E-state index in [0.717, 1.165) is 27.6 Å². The number of para-hydroxylation sites is 1. The first kappa shape index (κ1) is 19.0. The molecule has 2 heterocycles. The summed E-state index contributed by atoms with van der Waals surface area (Å²) in [5.74, 6) is 0.864. The van der Waals surface area contributed by atoms with Crippen LogP contribution in [0.4, 0.5) is 8.78 Å². The molecule has 0 aliphatic rings. The van der Waals surface area contributed by atoms with Crippen molar-refractivity contribution in [2.75, 3.05) is 0 Å². The van der Waals surface area contributed by atoms with Crippen LogP contribution in [0.5, 0.6) is 5.75 Å². The van der Waals surface area contributed by atoms with Crippen LogP contribution in [0.3, 0.4) is 0 Å². The molecule has 0 aliphatic heterocycles. The minimum atomic E-state index is -2.90. The van der Waals surface area contributed by atoms with E-state index in [9.17, 15) is 14.0 Å². The molecule has 0 fully saturated rings. The zero-order valence-corrected chi connectivity index (χ0v) is 16.3. The van der Waals surface area contributed by atoms with E-state index in [4.69, 9.17) is 4.98 Å². The first-order chi connectivity index (χ1) is 14.0. The number of thiazole rings is 1. The van der Waals surface area contributed by atoms with Gasteiger partial charge in [-0.3, -0.25) is 0 Å².